The molecule has 2 rings (SSSR count). The SMILES string of the molecule is O=C(NCC1CC=CCC1)c1cc(Cl)ncc1Cl. The molecule has 0 aliphatic heterocycles. The highest BCUT2D eigenvalue weighted by atomic mass is 35.5. The quantitative estimate of drug-likeness (QED) is 0.682. The van der Waals surface area contributed by atoms with Crippen LogP contribution in [0.2, 0.25) is 10.2 Å². The highest BCUT2D eigenvalue weighted by Gasteiger charge is 2.14. The Morgan fingerprint density at radius 3 is 3.00 bits per heavy atom. The van der Waals surface area contributed by atoms with E-state index in [0.29, 0.717) is 23.0 Å². The summed E-state index contributed by atoms with van der Waals surface area (Å²) < 4.78 is 0. The molecule has 1 unspecified atom stereocenters. The van der Waals surface area contributed by atoms with Gasteiger partial charge in [0.1, 0.15) is 5.15 Å². The van der Waals surface area contributed by atoms with E-state index >= 15 is 0 Å². The number of hydrogen-bond donors (Lipinski definition) is 1. The molecule has 0 aromatic carbocycles. The summed E-state index contributed by atoms with van der Waals surface area (Å²) in [5.41, 5.74) is 0.378. The number of carbonyl (C=O) groups excluding carboxylic acids is 1. The third-order valence-corrected chi connectivity index (χ3v) is 3.50. The number of allylic oxidation sites excluding steroid dienone is 2. The Labute approximate surface area is 116 Å². The van der Waals surface area contributed by atoms with Gasteiger partial charge in [0.05, 0.1) is 10.6 Å². The minimum Gasteiger partial charge on any atom is -0.352 e. The van der Waals surface area contributed by atoms with Gasteiger partial charge in [-0.25, -0.2) is 4.98 Å². The van der Waals surface area contributed by atoms with Crippen LogP contribution in [0, 0.1) is 5.92 Å². The first kappa shape index (κ1) is 13.4. The van der Waals surface area contributed by atoms with Crippen LogP contribution in [0.25, 0.3) is 0 Å². The second kappa shape index (κ2) is 6.21. The maximum atomic E-state index is 12.0. The van der Waals surface area contributed by atoms with Crippen molar-refractivity contribution in [3.8, 4) is 0 Å². The summed E-state index contributed by atoms with van der Waals surface area (Å²) in [5.74, 6) is 0.314. The van der Waals surface area contributed by atoms with Crippen molar-refractivity contribution < 1.29 is 4.79 Å². The summed E-state index contributed by atoms with van der Waals surface area (Å²) in [5, 5.41) is 3.48. The molecule has 96 valence electrons. The first-order chi connectivity index (χ1) is 8.66. The monoisotopic (exact) mass is 284 g/mol. The highest BCUT2D eigenvalue weighted by Crippen LogP contribution is 2.19. The summed E-state index contributed by atoms with van der Waals surface area (Å²) >= 11 is 11.7. The average molecular weight is 285 g/mol. The van der Waals surface area contributed by atoms with Crippen molar-refractivity contribution >= 4 is 29.1 Å². The third-order valence-electron chi connectivity index (χ3n) is 3.00. The van der Waals surface area contributed by atoms with Crippen LogP contribution in [-0.2, 0) is 0 Å². The van der Waals surface area contributed by atoms with E-state index in [1.165, 1.54) is 12.3 Å². The molecule has 1 N–H and O–H groups in total. The first-order valence-electron chi connectivity index (χ1n) is 5.91. The molecule has 0 bridgehead atoms. The minimum atomic E-state index is -0.196. The summed E-state index contributed by atoms with van der Waals surface area (Å²) in [4.78, 5) is 15.8. The molecule has 1 heterocycles. The van der Waals surface area contributed by atoms with Crippen LogP contribution in [-0.4, -0.2) is 17.4 Å². The van der Waals surface area contributed by atoms with Gasteiger partial charge in [-0.2, -0.15) is 0 Å². The van der Waals surface area contributed by atoms with Gasteiger partial charge in [0.2, 0.25) is 0 Å². The van der Waals surface area contributed by atoms with Crippen molar-refractivity contribution in [1.29, 1.82) is 0 Å². The van der Waals surface area contributed by atoms with E-state index in [0.717, 1.165) is 19.3 Å². The fraction of sp³-hybridized carbons (Fsp3) is 0.385. The number of halogens is 2. The van der Waals surface area contributed by atoms with Crippen molar-refractivity contribution in [2.24, 2.45) is 5.92 Å². The van der Waals surface area contributed by atoms with Gasteiger partial charge in [-0.05, 0) is 31.2 Å². The van der Waals surface area contributed by atoms with Crippen LogP contribution in [0.1, 0.15) is 29.6 Å². The lowest BCUT2D eigenvalue weighted by atomic mass is 9.94. The first-order valence-corrected chi connectivity index (χ1v) is 6.66. The van der Waals surface area contributed by atoms with Gasteiger partial charge in [-0.3, -0.25) is 4.79 Å². The fourth-order valence-corrected chi connectivity index (χ4v) is 2.31. The lowest BCUT2D eigenvalue weighted by Crippen LogP contribution is -2.29. The van der Waals surface area contributed by atoms with Gasteiger partial charge in [-0.1, -0.05) is 35.4 Å². The highest BCUT2D eigenvalue weighted by molar-refractivity contribution is 6.35. The molecule has 1 aliphatic rings. The normalized spacial score (nSPS) is 18.7. The molecular weight excluding hydrogens is 271 g/mol. The lowest BCUT2D eigenvalue weighted by molar-refractivity contribution is 0.0946. The fourth-order valence-electron chi connectivity index (χ4n) is 1.96. The van der Waals surface area contributed by atoms with E-state index in [1.807, 2.05) is 0 Å². The van der Waals surface area contributed by atoms with E-state index in [-0.39, 0.29) is 11.1 Å². The predicted molar refractivity (Wildman–Crippen MR) is 73.1 cm³/mol. The topological polar surface area (TPSA) is 42.0 Å². The Kier molecular flexibility index (Phi) is 4.61. The van der Waals surface area contributed by atoms with E-state index < -0.39 is 0 Å². The Hall–Kier alpha value is -1.06. The van der Waals surface area contributed by atoms with Crippen LogP contribution in [0.3, 0.4) is 0 Å². The van der Waals surface area contributed by atoms with Gasteiger partial charge in [0.25, 0.3) is 5.91 Å². The van der Waals surface area contributed by atoms with Crippen LogP contribution in [0.15, 0.2) is 24.4 Å². The Morgan fingerprint density at radius 2 is 2.28 bits per heavy atom. The van der Waals surface area contributed by atoms with E-state index in [9.17, 15) is 4.79 Å². The standard InChI is InChI=1S/C13H14Cl2N2O/c14-11-8-16-12(15)6-10(11)13(18)17-7-9-4-2-1-3-5-9/h1-2,6,8-9H,3-5,7H2,(H,17,18). The number of nitrogens with one attached hydrogen (secondary N) is 1. The van der Waals surface area contributed by atoms with E-state index in [4.69, 9.17) is 23.2 Å². The molecule has 18 heavy (non-hydrogen) atoms. The molecular formula is C13H14Cl2N2O. The van der Waals surface area contributed by atoms with Crippen LogP contribution >= 0.6 is 23.2 Å². The molecule has 1 atom stereocenters. The Balaban J connectivity index is 1.95. The zero-order valence-corrected chi connectivity index (χ0v) is 11.3. The molecule has 0 spiro atoms. The number of pyridine rings is 1. The minimum absolute atomic E-state index is 0.196. The molecule has 0 saturated heterocycles. The number of aromatic nitrogens is 1. The van der Waals surface area contributed by atoms with Crippen molar-refractivity contribution in [1.82, 2.24) is 10.3 Å². The molecule has 0 radical (unpaired) electrons. The molecule has 1 aromatic heterocycles. The van der Waals surface area contributed by atoms with Crippen molar-refractivity contribution in [3.05, 3.63) is 40.2 Å². The Morgan fingerprint density at radius 1 is 1.44 bits per heavy atom. The van der Waals surface area contributed by atoms with Gasteiger partial charge >= 0.3 is 0 Å². The molecule has 0 saturated carbocycles. The van der Waals surface area contributed by atoms with E-state index in [2.05, 4.69) is 22.5 Å². The summed E-state index contributed by atoms with van der Waals surface area (Å²) in [6, 6.07) is 1.49. The maximum Gasteiger partial charge on any atom is 0.252 e. The van der Waals surface area contributed by atoms with E-state index in [1.54, 1.807) is 0 Å². The molecule has 1 amide bonds. The summed E-state index contributed by atoms with van der Waals surface area (Å²) in [6.45, 7) is 0.666. The zero-order valence-electron chi connectivity index (χ0n) is 9.83. The molecule has 1 aliphatic carbocycles. The number of hydrogen-bond acceptors (Lipinski definition) is 2. The molecule has 5 heteroatoms. The Bertz CT molecular complexity index is 474. The smallest absolute Gasteiger partial charge is 0.252 e. The maximum absolute atomic E-state index is 12.0. The summed E-state index contributed by atoms with van der Waals surface area (Å²) in [7, 11) is 0. The molecule has 0 fully saturated rings. The number of nitrogens with zero attached hydrogens (tertiary/aromatic N) is 1. The molecule has 3 nitrogen and oxygen atoms in total. The van der Waals surface area contributed by atoms with Crippen molar-refractivity contribution in [3.63, 3.8) is 0 Å². The second-order valence-electron chi connectivity index (χ2n) is 4.35. The second-order valence-corrected chi connectivity index (χ2v) is 5.14. The van der Waals surface area contributed by atoms with Gasteiger partial charge in [0, 0.05) is 12.7 Å². The lowest BCUT2D eigenvalue weighted by Gasteiger charge is -2.18. The van der Waals surface area contributed by atoms with Gasteiger partial charge < -0.3 is 5.32 Å². The summed E-state index contributed by atoms with van der Waals surface area (Å²) in [6.07, 6.45) is 8.95. The molecule has 1 aromatic rings. The van der Waals surface area contributed by atoms with Gasteiger partial charge in [-0.15, -0.1) is 0 Å². The average Bonchev–Trinajstić information content (AvgIpc) is 2.40. The largest absolute Gasteiger partial charge is 0.352 e. The van der Waals surface area contributed by atoms with Crippen molar-refractivity contribution in [2.75, 3.05) is 6.54 Å². The number of rotatable bonds is 3. The van der Waals surface area contributed by atoms with Crippen LogP contribution in [0.5, 0.6) is 0 Å². The number of amides is 1. The third kappa shape index (κ3) is 3.47. The van der Waals surface area contributed by atoms with Crippen molar-refractivity contribution in [2.45, 2.75) is 19.3 Å². The zero-order chi connectivity index (χ0) is 13.0. The van der Waals surface area contributed by atoms with Crippen LogP contribution < -0.4 is 5.32 Å². The van der Waals surface area contributed by atoms with Crippen LogP contribution in [0.4, 0.5) is 0 Å². The number of carbonyl (C=O) groups is 1. The predicted octanol–water partition coefficient (Wildman–Crippen LogP) is 3.47. The van der Waals surface area contributed by atoms with Gasteiger partial charge in [0.15, 0.2) is 0 Å².